The van der Waals surface area contributed by atoms with Crippen LogP contribution in [0.5, 0.6) is 5.75 Å². The van der Waals surface area contributed by atoms with Crippen LogP contribution >= 0.6 is 0 Å². The van der Waals surface area contributed by atoms with E-state index >= 15 is 0 Å². The minimum absolute atomic E-state index is 0.0805. The van der Waals surface area contributed by atoms with Crippen molar-refractivity contribution in [3.63, 3.8) is 0 Å². The Labute approximate surface area is 221 Å². The molecule has 2 saturated heterocycles. The Bertz CT molecular complexity index is 1470. The normalized spacial score (nSPS) is 25.3. The van der Waals surface area contributed by atoms with Gasteiger partial charge in [-0.2, -0.15) is 0 Å². The first-order valence-electron chi connectivity index (χ1n) is 13.3. The molecule has 7 nitrogen and oxygen atoms in total. The Hall–Kier alpha value is -4.00. The van der Waals surface area contributed by atoms with Gasteiger partial charge in [0.1, 0.15) is 5.75 Å². The Kier molecular flexibility index (Phi) is 6.01. The maximum atomic E-state index is 13.1. The largest absolute Gasteiger partial charge is 0.426 e. The van der Waals surface area contributed by atoms with Gasteiger partial charge in [0.05, 0.1) is 29.1 Å². The summed E-state index contributed by atoms with van der Waals surface area (Å²) in [6.45, 7) is 4.18. The first-order valence-corrected chi connectivity index (χ1v) is 13.3. The van der Waals surface area contributed by atoms with Gasteiger partial charge in [0.15, 0.2) is 0 Å². The molecule has 4 atom stereocenters. The van der Waals surface area contributed by atoms with Gasteiger partial charge in [-0.25, -0.2) is 4.90 Å². The average Bonchev–Trinajstić information content (AvgIpc) is 3.41. The summed E-state index contributed by atoms with van der Waals surface area (Å²) >= 11 is 0. The van der Waals surface area contributed by atoms with E-state index in [9.17, 15) is 19.2 Å². The number of benzene rings is 3. The monoisotopic (exact) mass is 510 g/mol. The van der Waals surface area contributed by atoms with Crippen molar-refractivity contribution in [3.05, 3.63) is 66.2 Å². The third-order valence-corrected chi connectivity index (χ3v) is 8.33. The lowest BCUT2D eigenvalue weighted by atomic mass is 9.76. The van der Waals surface area contributed by atoms with E-state index in [0.717, 1.165) is 35.7 Å². The summed E-state index contributed by atoms with van der Waals surface area (Å²) < 4.78 is 5.67. The zero-order chi connectivity index (χ0) is 26.6. The third kappa shape index (κ3) is 4.06. The molecule has 194 valence electrons. The SMILES string of the molecule is Cc1cc(OC(=O)[C@@H]2CC(=O)N(c3cccc4ccccc34)C2)ccc1N1C(=O)[C@@H]2CC[C@H](C)C[C@H]2C1=O. The fourth-order valence-corrected chi connectivity index (χ4v) is 6.31. The highest BCUT2D eigenvalue weighted by Crippen LogP contribution is 2.43. The Morgan fingerprint density at radius 3 is 2.47 bits per heavy atom. The molecule has 0 N–H and O–H groups in total. The van der Waals surface area contributed by atoms with E-state index in [1.54, 1.807) is 30.0 Å². The van der Waals surface area contributed by atoms with Gasteiger partial charge in [0, 0.05) is 18.4 Å². The smallest absolute Gasteiger partial charge is 0.316 e. The summed E-state index contributed by atoms with van der Waals surface area (Å²) in [6, 6.07) is 18.6. The van der Waals surface area contributed by atoms with Crippen molar-refractivity contribution in [3.8, 4) is 5.75 Å². The van der Waals surface area contributed by atoms with Crippen molar-refractivity contribution in [1.29, 1.82) is 0 Å². The summed E-state index contributed by atoms with van der Waals surface area (Å²) in [4.78, 5) is 55.1. The van der Waals surface area contributed by atoms with Crippen LogP contribution in [-0.2, 0) is 19.2 Å². The molecule has 0 spiro atoms. The highest BCUT2D eigenvalue weighted by molar-refractivity contribution is 6.22. The molecule has 0 radical (unpaired) electrons. The molecule has 38 heavy (non-hydrogen) atoms. The van der Waals surface area contributed by atoms with Crippen LogP contribution in [0, 0.1) is 30.6 Å². The van der Waals surface area contributed by atoms with Gasteiger partial charge in [-0.05, 0) is 67.3 Å². The van der Waals surface area contributed by atoms with Gasteiger partial charge in [-0.1, -0.05) is 43.3 Å². The van der Waals surface area contributed by atoms with Crippen LogP contribution in [0.3, 0.4) is 0 Å². The number of esters is 1. The van der Waals surface area contributed by atoms with Gasteiger partial charge >= 0.3 is 5.97 Å². The quantitative estimate of drug-likeness (QED) is 0.279. The lowest BCUT2D eigenvalue weighted by molar-refractivity contribution is -0.139. The number of carbonyl (C=O) groups is 4. The standard InChI is InChI=1S/C31H30N2O5/c1-18-10-12-24-25(14-18)30(36)33(29(24)35)26-13-11-22(15-19(26)2)38-31(37)21-16-28(34)32(17-21)27-9-5-7-20-6-3-4-8-23(20)27/h3-9,11,13,15,18,21,24-25H,10,12,14,16-17H2,1-2H3/t18-,21+,24+,25+/m0/s1. The number of ether oxygens (including phenoxy) is 1. The molecule has 3 fully saturated rings. The maximum absolute atomic E-state index is 13.1. The predicted molar refractivity (Wildman–Crippen MR) is 144 cm³/mol. The van der Waals surface area contributed by atoms with Gasteiger partial charge < -0.3 is 9.64 Å². The van der Waals surface area contributed by atoms with Crippen LogP contribution in [0.2, 0.25) is 0 Å². The zero-order valence-electron chi connectivity index (χ0n) is 21.6. The molecule has 1 aliphatic carbocycles. The summed E-state index contributed by atoms with van der Waals surface area (Å²) in [7, 11) is 0. The van der Waals surface area contributed by atoms with Crippen molar-refractivity contribution in [2.24, 2.45) is 23.7 Å². The summed E-state index contributed by atoms with van der Waals surface area (Å²) in [5.74, 6) is -1.14. The summed E-state index contributed by atoms with van der Waals surface area (Å²) in [6.07, 6.45) is 2.54. The second-order valence-corrected chi connectivity index (χ2v) is 10.9. The highest BCUT2D eigenvalue weighted by Gasteiger charge is 2.50. The van der Waals surface area contributed by atoms with Gasteiger partial charge in [0.2, 0.25) is 17.7 Å². The van der Waals surface area contributed by atoms with E-state index in [-0.39, 0.29) is 42.5 Å². The fraction of sp³-hybridized carbons (Fsp3) is 0.355. The predicted octanol–water partition coefficient (Wildman–Crippen LogP) is 5.03. The maximum Gasteiger partial charge on any atom is 0.316 e. The van der Waals surface area contributed by atoms with Crippen molar-refractivity contribution in [2.75, 3.05) is 16.3 Å². The Morgan fingerprint density at radius 1 is 0.895 bits per heavy atom. The molecule has 3 aliphatic rings. The molecular formula is C31H30N2O5. The fourth-order valence-electron chi connectivity index (χ4n) is 6.31. The van der Waals surface area contributed by atoms with Crippen molar-refractivity contribution in [1.82, 2.24) is 0 Å². The topological polar surface area (TPSA) is 84.0 Å². The molecule has 3 amide bonds. The van der Waals surface area contributed by atoms with Crippen LogP contribution in [0.25, 0.3) is 10.8 Å². The number of hydrogen-bond acceptors (Lipinski definition) is 5. The first kappa shape index (κ1) is 24.3. The van der Waals surface area contributed by atoms with Crippen LogP contribution in [0.15, 0.2) is 60.7 Å². The number of hydrogen-bond donors (Lipinski definition) is 0. The molecule has 0 aromatic heterocycles. The van der Waals surface area contributed by atoms with E-state index < -0.39 is 11.9 Å². The first-order chi connectivity index (χ1) is 18.3. The van der Waals surface area contributed by atoms with E-state index in [1.807, 2.05) is 42.5 Å². The van der Waals surface area contributed by atoms with E-state index in [2.05, 4.69) is 6.92 Å². The molecule has 0 bridgehead atoms. The number of carbonyl (C=O) groups excluding carboxylic acids is 4. The Balaban J connectivity index is 1.17. The van der Waals surface area contributed by atoms with Gasteiger partial charge in [-0.15, -0.1) is 0 Å². The Morgan fingerprint density at radius 2 is 1.66 bits per heavy atom. The number of fused-ring (bicyclic) bond motifs is 2. The van der Waals surface area contributed by atoms with E-state index in [4.69, 9.17) is 4.74 Å². The van der Waals surface area contributed by atoms with Crippen LogP contribution < -0.4 is 14.5 Å². The molecule has 0 unspecified atom stereocenters. The second-order valence-electron chi connectivity index (χ2n) is 10.9. The molecule has 2 heterocycles. The van der Waals surface area contributed by atoms with Crippen molar-refractivity contribution < 1.29 is 23.9 Å². The second kappa shape index (κ2) is 9.39. The van der Waals surface area contributed by atoms with Crippen LogP contribution in [0.1, 0.15) is 38.2 Å². The minimum atomic E-state index is -0.590. The number of anilines is 2. The van der Waals surface area contributed by atoms with Crippen molar-refractivity contribution >= 4 is 45.8 Å². The minimum Gasteiger partial charge on any atom is -0.426 e. The molecular weight excluding hydrogens is 480 g/mol. The highest BCUT2D eigenvalue weighted by atomic mass is 16.5. The molecule has 6 rings (SSSR count). The van der Waals surface area contributed by atoms with Crippen molar-refractivity contribution in [2.45, 2.75) is 39.5 Å². The zero-order valence-corrected chi connectivity index (χ0v) is 21.6. The summed E-state index contributed by atoms with van der Waals surface area (Å²) in [5.41, 5.74) is 2.02. The molecule has 3 aromatic rings. The molecule has 1 saturated carbocycles. The number of amides is 3. The number of rotatable bonds is 4. The lowest BCUT2D eigenvalue weighted by Crippen LogP contribution is -2.31. The van der Waals surface area contributed by atoms with Gasteiger partial charge in [0.25, 0.3) is 0 Å². The third-order valence-electron chi connectivity index (χ3n) is 8.33. The molecule has 7 heteroatoms. The number of imide groups is 1. The van der Waals surface area contributed by atoms with Gasteiger partial charge in [-0.3, -0.25) is 19.2 Å². The van der Waals surface area contributed by atoms with Crippen LogP contribution in [0.4, 0.5) is 11.4 Å². The average molecular weight is 511 g/mol. The van der Waals surface area contributed by atoms with E-state index in [0.29, 0.717) is 22.9 Å². The summed E-state index contributed by atoms with van der Waals surface area (Å²) in [5, 5.41) is 1.99. The molecule has 3 aromatic carbocycles. The van der Waals surface area contributed by atoms with E-state index in [1.165, 1.54) is 4.90 Å². The number of nitrogens with zero attached hydrogens (tertiary/aromatic N) is 2. The lowest BCUT2D eigenvalue weighted by Gasteiger charge is -2.25. The number of aryl methyl sites for hydroxylation is 1. The molecule has 2 aliphatic heterocycles. The van der Waals surface area contributed by atoms with Crippen LogP contribution in [-0.4, -0.2) is 30.2 Å².